The lowest BCUT2D eigenvalue weighted by Gasteiger charge is -2.19. The van der Waals surface area contributed by atoms with Crippen LogP contribution in [0.25, 0.3) is 0 Å². The number of thioether (sulfide) groups is 2. The first-order valence-electron chi connectivity index (χ1n) is 9.32. The number of nitrogens with zero attached hydrogens (tertiary/aromatic N) is 1. The fraction of sp³-hybridized carbons (Fsp3) is 0.136. The third kappa shape index (κ3) is 4.73. The Hall–Kier alpha value is -2.26. The van der Waals surface area contributed by atoms with Gasteiger partial charge in [-0.1, -0.05) is 59.9 Å². The van der Waals surface area contributed by atoms with E-state index in [0.717, 1.165) is 26.1 Å². The van der Waals surface area contributed by atoms with E-state index in [1.807, 2.05) is 77.7 Å². The lowest BCUT2D eigenvalue weighted by atomic mass is 10.1. The Morgan fingerprint density at radius 1 is 0.933 bits per heavy atom. The van der Waals surface area contributed by atoms with Crippen LogP contribution in [0, 0.1) is 0 Å². The van der Waals surface area contributed by atoms with E-state index >= 15 is 0 Å². The van der Waals surface area contributed by atoms with Crippen molar-refractivity contribution in [3.05, 3.63) is 88.3 Å². The Kier molecular flexibility index (Phi) is 6.19. The van der Waals surface area contributed by atoms with Gasteiger partial charge in [-0.05, 0) is 42.8 Å². The maximum Gasteiger partial charge on any atom is 0.264 e. The van der Waals surface area contributed by atoms with Gasteiger partial charge in [-0.3, -0.25) is 9.35 Å². The molecule has 0 radical (unpaired) electrons. The number of ketones is 1. The highest BCUT2D eigenvalue weighted by molar-refractivity contribution is 8.04. The minimum absolute atomic E-state index is 0.0439. The summed E-state index contributed by atoms with van der Waals surface area (Å²) in [5.41, 5.74) is 1.76. The molecule has 5 nitrogen and oxygen atoms in total. The van der Waals surface area contributed by atoms with Crippen molar-refractivity contribution in [3.63, 3.8) is 0 Å². The lowest BCUT2D eigenvalue weighted by Crippen LogP contribution is -2.21. The number of carbonyl (C=O) groups is 1. The van der Waals surface area contributed by atoms with Crippen LogP contribution in [0.5, 0.6) is 0 Å². The summed E-state index contributed by atoms with van der Waals surface area (Å²) in [6, 6.07) is 15.5. The summed E-state index contributed by atoms with van der Waals surface area (Å²) in [6.45, 7) is 0.480. The van der Waals surface area contributed by atoms with Gasteiger partial charge in [0, 0.05) is 21.9 Å². The number of carbonyl (C=O) groups excluding carboxylic acids is 1. The van der Waals surface area contributed by atoms with Gasteiger partial charge in [0.1, 0.15) is 0 Å². The Morgan fingerprint density at radius 2 is 1.63 bits per heavy atom. The molecule has 8 heteroatoms. The molecular formula is C22H19NO4S3. The number of hydrogen-bond donors (Lipinski definition) is 1. The van der Waals surface area contributed by atoms with E-state index in [0.29, 0.717) is 17.9 Å². The first kappa shape index (κ1) is 21.0. The Morgan fingerprint density at radius 3 is 2.40 bits per heavy atom. The molecule has 0 bridgehead atoms. The molecule has 0 aromatic heterocycles. The van der Waals surface area contributed by atoms with Crippen molar-refractivity contribution in [3.8, 4) is 0 Å². The van der Waals surface area contributed by atoms with E-state index in [-0.39, 0.29) is 11.5 Å². The number of benzene rings is 2. The quantitative estimate of drug-likeness (QED) is 0.475. The van der Waals surface area contributed by atoms with Gasteiger partial charge in [0.05, 0.1) is 21.4 Å². The molecule has 30 heavy (non-hydrogen) atoms. The molecule has 1 N–H and O–H groups in total. The molecule has 0 unspecified atom stereocenters. The van der Waals surface area contributed by atoms with Gasteiger partial charge < -0.3 is 4.90 Å². The first-order valence-corrected chi connectivity index (χ1v) is 12.6. The highest BCUT2D eigenvalue weighted by Crippen LogP contribution is 2.45. The standard InChI is InChI=1S/C22H19NO4S3/c24-22-16-8-1-3-10-18(16)28-20(22)12-5-6-13-21-23(14-7-15-30(25,26)27)17-9-2-4-11-19(17)29-21/h1-6,8-13H,7,14-15H2,(H,25,26,27). The van der Waals surface area contributed by atoms with Crippen LogP contribution < -0.4 is 4.90 Å². The molecule has 154 valence electrons. The zero-order valence-electron chi connectivity index (χ0n) is 15.9. The van der Waals surface area contributed by atoms with E-state index < -0.39 is 10.1 Å². The molecule has 0 aliphatic carbocycles. The minimum atomic E-state index is -3.98. The number of hydrogen-bond acceptors (Lipinski definition) is 6. The lowest BCUT2D eigenvalue weighted by molar-refractivity contribution is 0.104. The third-order valence-electron chi connectivity index (χ3n) is 4.59. The number of para-hydroxylation sites is 1. The highest BCUT2D eigenvalue weighted by Gasteiger charge is 2.25. The first-order chi connectivity index (χ1) is 14.4. The van der Waals surface area contributed by atoms with Crippen molar-refractivity contribution < 1.29 is 17.8 Å². The van der Waals surface area contributed by atoms with E-state index in [1.54, 1.807) is 11.8 Å². The molecule has 2 heterocycles. The smallest absolute Gasteiger partial charge is 0.264 e. The van der Waals surface area contributed by atoms with Gasteiger partial charge >= 0.3 is 0 Å². The van der Waals surface area contributed by atoms with Crippen LogP contribution in [0.15, 0.2) is 92.6 Å². The zero-order chi connectivity index (χ0) is 21.1. The van der Waals surface area contributed by atoms with E-state index in [4.69, 9.17) is 4.55 Å². The summed E-state index contributed by atoms with van der Waals surface area (Å²) in [4.78, 5) is 17.2. The molecule has 0 saturated carbocycles. The van der Waals surface area contributed by atoms with Gasteiger partial charge in [-0.25, -0.2) is 0 Å². The van der Waals surface area contributed by atoms with Crippen LogP contribution in [-0.4, -0.2) is 31.1 Å². The molecular weight excluding hydrogens is 438 g/mol. The van der Waals surface area contributed by atoms with Crippen LogP contribution in [0.3, 0.4) is 0 Å². The third-order valence-corrected chi connectivity index (χ3v) is 7.65. The Balaban J connectivity index is 1.48. The molecule has 0 spiro atoms. The average molecular weight is 458 g/mol. The monoisotopic (exact) mass is 457 g/mol. The maximum atomic E-state index is 12.4. The normalized spacial score (nSPS) is 18.6. The molecule has 0 amide bonds. The van der Waals surface area contributed by atoms with Crippen molar-refractivity contribution in [2.75, 3.05) is 17.2 Å². The second-order valence-electron chi connectivity index (χ2n) is 6.71. The largest absolute Gasteiger partial charge is 0.335 e. The summed E-state index contributed by atoms with van der Waals surface area (Å²) in [5, 5.41) is 0.967. The highest BCUT2D eigenvalue weighted by atomic mass is 32.2. The number of allylic oxidation sites excluding steroid dienone is 5. The molecule has 2 aromatic rings. The summed E-state index contributed by atoms with van der Waals surface area (Å²) in [6.07, 6.45) is 7.82. The van der Waals surface area contributed by atoms with Gasteiger partial charge in [-0.2, -0.15) is 8.42 Å². The summed E-state index contributed by atoms with van der Waals surface area (Å²) >= 11 is 3.08. The molecule has 4 rings (SSSR count). The van der Waals surface area contributed by atoms with Gasteiger partial charge in [0.25, 0.3) is 10.1 Å². The summed E-state index contributed by atoms with van der Waals surface area (Å²) < 4.78 is 31.1. The van der Waals surface area contributed by atoms with Crippen LogP contribution in [0.1, 0.15) is 16.8 Å². The van der Waals surface area contributed by atoms with Crippen molar-refractivity contribution in [1.82, 2.24) is 0 Å². The molecule has 0 fully saturated rings. The topological polar surface area (TPSA) is 74.7 Å². The van der Waals surface area contributed by atoms with Crippen molar-refractivity contribution in [2.24, 2.45) is 0 Å². The van der Waals surface area contributed by atoms with Crippen molar-refractivity contribution in [2.45, 2.75) is 16.2 Å². The molecule has 2 aromatic carbocycles. The molecule has 2 aliphatic rings. The van der Waals surface area contributed by atoms with Gasteiger partial charge in [-0.15, -0.1) is 0 Å². The molecule has 0 atom stereocenters. The van der Waals surface area contributed by atoms with Crippen LogP contribution in [0.2, 0.25) is 0 Å². The Bertz CT molecular complexity index is 1180. The fourth-order valence-corrected chi connectivity index (χ4v) is 5.84. The van der Waals surface area contributed by atoms with E-state index in [9.17, 15) is 13.2 Å². The second kappa shape index (κ2) is 8.85. The predicted octanol–water partition coefficient (Wildman–Crippen LogP) is 5.15. The SMILES string of the molecule is O=C1C(=CC=CC=C2Sc3ccccc3N2CCCS(=O)(=O)O)Sc2ccccc21. The minimum Gasteiger partial charge on any atom is -0.335 e. The Labute approximate surface area is 184 Å². The average Bonchev–Trinajstić information content (AvgIpc) is 3.22. The van der Waals surface area contributed by atoms with E-state index in [1.165, 1.54) is 11.8 Å². The summed E-state index contributed by atoms with van der Waals surface area (Å²) in [7, 11) is -3.98. The van der Waals surface area contributed by atoms with Crippen LogP contribution in [-0.2, 0) is 10.1 Å². The summed E-state index contributed by atoms with van der Waals surface area (Å²) in [5.74, 6) is -0.228. The van der Waals surface area contributed by atoms with Crippen molar-refractivity contribution in [1.29, 1.82) is 0 Å². The van der Waals surface area contributed by atoms with Gasteiger partial charge in [0.15, 0.2) is 0 Å². The zero-order valence-corrected chi connectivity index (χ0v) is 18.3. The predicted molar refractivity (Wildman–Crippen MR) is 123 cm³/mol. The van der Waals surface area contributed by atoms with Crippen LogP contribution in [0.4, 0.5) is 5.69 Å². The molecule has 0 saturated heterocycles. The number of rotatable bonds is 6. The fourth-order valence-electron chi connectivity index (χ4n) is 3.24. The van der Waals surface area contributed by atoms with Gasteiger partial charge in [0.2, 0.25) is 5.78 Å². The number of anilines is 1. The molecule has 2 aliphatic heterocycles. The number of Topliss-reactive ketones (excluding diaryl/α,β-unsaturated/α-hetero) is 1. The van der Waals surface area contributed by atoms with Crippen LogP contribution >= 0.6 is 23.5 Å². The number of fused-ring (bicyclic) bond motifs is 2. The maximum absolute atomic E-state index is 12.4. The van der Waals surface area contributed by atoms with Crippen molar-refractivity contribution >= 4 is 45.1 Å². The second-order valence-corrected chi connectivity index (χ2v) is 10.4. The van der Waals surface area contributed by atoms with E-state index in [2.05, 4.69) is 0 Å².